The van der Waals surface area contributed by atoms with Crippen molar-refractivity contribution < 1.29 is 0 Å². The zero-order valence-corrected chi connectivity index (χ0v) is 8.90. The Balaban J connectivity index is 2.66. The number of hydrogen-bond donors (Lipinski definition) is 2. The molecule has 0 aliphatic carbocycles. The Morgan fingerprint density at radius 3 is 3.07 bits per heavy atom. The third-order valence-corrected chi connectivity index (χ3v) is 2.48. The molecule has 0 saturated carbocycles. The lowest BCUT2D eigenvalue weighted by Crippen LogP contribution is -2.25. The van der Waals surface area contributed by atoms with E-state index in [-0.39, 0.29) is 0 Å². The van der Waals surface area contributed by atoms with Crippen molar-refractivity contribution in [2.75, 3.05) is 19.3 Å². The molecule has 3 nitrogen and oxygen atoms in total. The van der Waals surface area contributed by atoms with Gasteiger partial charge < -0.3 is 11.1 Å². The molecule has 0 aliphatic heterocycles. The molecule has 0 radical (unpaired) electrons. The van der Waals surface area contributed by atoms with Gasteiger partial charge in [-0.25, -0.2) is 0 Å². The maximum atomic E-state index is 5.78. The first-order valence-corrected chi connectivity index (χ1v) is 5.15. The average Bonchev–Trinajstić information content (AvgIpc) is 2.60. The molecule has 3 N–H and O–H groups in total. The standard InChI is InChI=1S/C10H13N3S/c1-3-4-6-13-10(12-2)8-5-7-14-9(8)11/h1,5,7H,4,6,11H2,2H3,(H,12,13). The summed E-state index contributed by atoms with van der Waals surface area (Å²) < 4.78 is 0. The van der Waals surface area contributed by atoms with Crippen molar-refractivity contribution in [3.05, 3.63) is 17.0 Å². The first-order chi connectivity index (χ1) is 6.79. The van der Waals surface area contributed by atoms with Crippen molar-refractivity contribution in [3.8, 4) is 12.3 Å². The maximum Gasteiger partial charge on any atom is 0.131 e. The van der Waals surface area contributed by atoms with Crippen LogP contribution < -0.4 is 11.1 Å². The summed E-state index contributed by atoms with van der Waals surface area (Å²) in [5, 5.41) is 5.87. The van der Waals surface area contributed by atoms with E-state index in [1.54, 1.807) is 7.05 Å². The van der Waals surface area contributed by atoms with E-state index < -0.39 is 0 Å². The third kappa shape index (κ3) is 2.51. The predicted molar refractivity (Wildman–Crippen MR) is 62.6 cm³/mol. The molecule has 0 atom stereocenters. The van der Waals surface area contributed by atoms with Crippen LogP contribution in [0.1, 0.15) is 12.0 Å². The van der Waals surface area contributed by atoms with Crippen LogP contribution in [0, 0.1) is 12.3 Å². The van der Waals surface area contributed by atoms with Crippen LogP contribution in [0.15, 0.2) is 16.4 Å². The number of amidine groups is 1. The SMILES string of the molecule is C#CCCNC(=NC)c1ccsc1N. The molecule has 14 heavy (non-hydrogen) atoms. The van der Waals surface area contributed by atoms with Gasteiger partial charge >= 0.3 is 0 Å². The number of nitrogens with two attached hydrogens (primary N) is 1. The second kappa shape index (κ2) is 5.30. The van der Waals surface area contributed by atoms with Crippen LogP contribution in [0.3, 0.4) is 0 Å². The van der Waals surface area contributed by atoms with E-state index in [9.17, 15) is 0 Å². The summed E-state index contributed by atoms with van der Waals surface area (Å²) in [7, 11) is 1.73. The summed E-state index contributed by atoms with van der Waals surface area (Å²) in [6.07, 6.45) is 5.84. The highest BCUT2D eigenvalue weighted by Gasteiger charge is 2.06. The van der Waals surface area contributed by atoms with Gasteiger partial charge in [0.25, 0.3) is 0 Å². The number of aliphatic imine (C=N–C) groups is 1. The smallest absolute Gasteiger partial charge is 0.131 e. The van der Waals surface area contributed by atoms with Crippen molar-refractivity contribution in [3.63, 3.8) is 0 Å². The number of terminal acetylenes is 1. The van der Waals surface area contributed by atoms with E-state index in [0.717, 1.165) is 22.9 Å². The highest BCUT2D eigenvalue weighted by Crippen LogP contribution is 2.18. The fraction of sp³-hybridized carbons (Fsp3) is 0.300. The fourth-order valence-corrected chi connectivity index (χ4v) is 1.71. The second-order valence-corrected chi connectivity index (χ2v) is 3.60. The van der Waals surface area contributed by atoms with Crippen LogP contribution >= 0.6 is 11.3 Å². The number of nitrogens with zero attached hydrogens (tertiary/aromatic N) is 1. The molecule has 0 aromatic carbocycles. The molecule has 0 aliphatic rings. The molecular weight excluding hydrogens is 194 g/mol. The van der Waals surface area contributed by atoms with Gasteiger partial charge in [0.2, 0.25) is 0 Å². The molecule has 1 rings (SSSR count). The van der Waals surface area contributed by atoms with E-state index >= 15 is 0 Å². The summed E-state index contributed by atoms with van der Waals surface area (Å²) in [5.41, 5.74) is 6.73. The lowest BCUT2D eigenvalue weighted by atomic mass is 10.3. The maximum absolute atomic E-state index is 5.78. The Hall–Kier alpha value is -1.47. The van der Waals surface area contributed by atoms with Gasteiger partial charge in [-0.1, -0.05) is 0 Å². The largest absolute Gasteiger partial charge is 0.390 e. The lowest BCUT2D eigenvalue weighted by Gasteiger charge is -2.06. The van der Waals surface area contributed by atoms with Crippen LogP contribution in [0.2, 0.25) is 0 Å². The van der Waals surface area contributed by atoms with Gasteiger partial charge in [-0.3, -0.25) is 4.99 Å². The quantitative estimate of drug-likeness (QED) is 0.340. The number of rotatable bonds is 3. The Bertz CT molecular complexity index is 360. The predicted octanol–water partition coefficient (Wildman–Crippen LogP) is 1.32. The fourth-order valence-electron chi connectivity index (χ4n) is 1.06. The average molecular weight is 207 g/mol. The van der Waals surface area contributed by atoms with Gasteiger partial charge in [-0.05, 0) is 11.4 Å². The minimum atomic E-state index is 0.684. The first kappa shape index (κ1) is 10.6. The Kier molecular flexibility index (Phi) is 4.02. The molecule has 0 spiro atoms. The van der Waals surface area contributed by atoms with Crippen molar-refractivity contribution >= 4 is 22.2 Å². The van der Waals surface area contributed by atoms with Crippen LogP contribution in [-0.2, 0) is 0 Å². The van der Waals surface area contributed by atoms with E-state index in [2.05, 4.69) is 16.2 Å². The van der Waals surface area contributed by atoms with Gasteiger partial charge in [0, 0.05) is 20.0 Å². The summed E-state index contributed by atoms with van der Waals surface area (Å²) in [4.78, 5) is 4.13. The van der Waals surface area contributed by atoms with E-state index in [0.29, 0.717) is 6.42 Å². The Morgan fingerprint density at radius 2 is 2.57 bits per heavy atom. The highest BCUT2D eigenvalue weighted by atomic mass is 32.1. The van der Waals surface area contributed by atoms with Crippen LogP contribution in [0.4, 0.5) is 5.00 Å². The summed E-state index contributed by atoms with van der Waals surface area (Å²) in [5.74, 6) is 3.37. The first-order valence-electron chi connectivity index (χ1n) is 4.27. The van der Waals surface area contributed by atoms with Crippen LogP contribution in [0.25, 0.3) is 0 Å². The Morgan fingerprint density at radius 1 is 1.79 bits per heavy atom. The lowest BCUT2D eigenvalue weighted by molar-refractivity contribution is 0.903. The van der Waals surface area contributed by atoms with E-state index in [4.69, 9.17) is 12.2 Å². The van der Waals surface area contributed by atoms with E-state index in [1.165, 1.54) is 11.3 Å². The molecule has 4 heteroatoms. The topological polar surface area (TPSA) is 50.4 Å². The molecule has 0 saturated heterocycles. The van der Waals surface area contributed by atoms with Crippen molar-refractivity contribution in [2.24, 2.45) is 4.99 Å². The molecule has 74 valence electrons. The summed E-state index contributed by atoms with van der Waals surface area (Å²) >= 11 is 1.50. The van der Waals surface area contributed by atoms with Gasteiger partial charge in [0.1, 0.15) is 5.84 Å². The summed E-state index contributed by atoms with van der Waals surface area (Å²) in [6, 6.07) is 1.95. The van der Waals surface area contributed by atoms with Crippen molar-refractivity contribution in [1.29, 1.82) is 0 Å². The van der Waals surface area contributed by atoms with Gasteiger partial charge in [-0.15, -0.1) is 23.7 Å². The summed E-state index contributed by atoms with van der Waals surface area (Å²) in [6.45, 7) is 0.721. The minimum absolute atomic E-state index is 0.684. The molecule has 0 bridgehead atoms. The molecule has 0 amide bonds. The van der Waals surface area contributed by atoms with Crippen LogP contribution in [0.5, 0.6) is 0 Å². The molecule has 1 heterocycles. The van der Waals surface area contributed by atoms with E-state index in [1.807, 2.05) is 11.4 Å². The Labute approximate surface area is 88.0 Å². The van der Waals surface area contributed by atoms with Crippen molar-refractivity contribution in [2.45, 2.75) is 6.42 Å². The second-order valence-electron chi connectivity index (χ2n) is 2.65. The normalized spacial score (nSPS) is 11.0. The highest BCUT2D eigenvalue weighted by molar-refractivity contribution is 7.14. The molecular formula is C10H13N3S. The molecule has 0 unspecified atom stereocenters. The van der Waals surface area contributed by atoms with Crippen molar-refractivity contribution in [1.82, 2.24) is 5.32 Å². The minimum Gasteiger partial charge on any atom is -0.390 e. The molecule has 0 fully saturated rings. The number of thiophene rings is 1. The van der Waals surface area contributed by atoms with Gasteiger partial charge in [-0.2, -0.15) is 0 Å². The zero-order valence-electron chi connectivity index (χ0n) is 8.08. The number of nitrogens with one attached hydrogen (secondary N) is 1. The number of anilines is 1. The zero-order chi connectivity index (χ0) is 10.4. The van der Waals surface area contributed by atoms with Gasteiger partial charge in [0.15, 0.2) is 0 Å². The van der Waals surface area contributed by atoms with Crippen LogP contribution in [-0.4, -0.2) is 19.4 Å². The molecule has 1 aromatic heterocycles. The number of nitrogen functional groups attached to an aromatic ring is 1. The molecule has 1 aromatic rings. The monoisotopic (exact) mass is 207 g/mol. The third-order valence-electron chi connectivity index (χ3n) is 1.74. The van der Waals surface area contributed by atoms with Gasteiger partial charge in [0.05, 0.1) is 10.6 Å². The number of hydrogen-bond acceptors (Lipinski definition) is 3.